The number of hydrogen-bond donors (Lipinski definition) is 1. The molecule has 24 heavy (non-hydrogen) atoms. The van der Waals surface area contributed by atoms with E-state index in [0.29, 0.717) is 24.0 Å². The van der Waals surface area contributed by atoms with Gasteiger partial charge in [0.2, 0.25) is 5.91 Å². The largest absolute Gasteiger partial charge is 0.486 e. The van der Waals surface area contributed by atoms with Crippen LogP contribution in [-0.2, 0) is 4.79 Å². The fraction of sp³-hybridized carbons (Fsp3) is 0.211. The molecule has 0 fully saturated rings. The van der Waals surface area contributed by atoms with E-state index < -0.39 is 0 Å². The Hall–Kier alpha value is -2.46. The topological polar surface area (TPSA) is 47.6 Å². The number of benzene rings is 2. The maximum Gasteiger partial charge on any atom is 0.244 e. The zero-order valence-electron chi connectivity index (χ0n) is 13.3. The highest BCUT2D eigenvalue weighted by atomic mass is 35.5. The van der Waals surface area contributed by atoms with Gasteiger partial charge in [-0.05, 0) is 42.3 Å². The van der Waals surface area contributed by atoms with Crippen molar-refractivity contribution >= 4 is 23.6 Å². The molecule has 0 saturated heterocycles. The second-order valence-electron chi connectivity index (χ2n) is 5.49. The summed E-state index contributed by atoms with van der Waals surface area (Å²) in [5.74, 6) is 1.27. The fourth-order valence-electron chi connectivity index (χ4n) is 2.45. The highest BCUT2D eigenvalue weighted by Crippen LogP contribution is 2.32. The molecular formula is C19H18ClNO3. The molecule has 3 rings (SSSR count). The second kappa shape index (κ2) is 7.41. The number of ether oxygens (including phenoxy) is 2. The molecule has 0 saturated carbocycles. The van der Waals surface area contributed by atoms with Crippen molar-refractivity contribution < 1.29 is 14.3 Å². The number of carbonyl (C=O) groups is 1. The van der Waals surface area contributed by atoms with E-state index in [1.807, 2.05) is 43.3 Å². The van der Waals surface area contributed by atoms with Crippen molar-refractivity contribution in [2.75, 3.05) is 13.2 Å². The molecule has 0 aliphatic carbocycles. The molecular weight excluding hydrogens is 326 g/mol. The van der Waals surface area contributed by atoms with Crippen molar-refractivity contribution in [3.63, 3.8) is 0 Å². The van der Waals surface area contributed by atoms with Crippen LogP contribution in [0.5, 0.6) is 11.5 Å². The number of amides is 1. The normalized spacial score (nSPS) is 14.4. The Balaban J connectivity index is 1.65. The van der Waals surface area contributed by atoms with Crippen LogP contribution in [0.4, 0.5) is 0 Å². The summed E-state index contributed by atoms with van der Waals surface area (Å²) < 4.78 is 11.1. The second-order valence-corrected chi connectivity index (χ2v) is 5.90. The van der Waals surface area contributed by atoms with Crippen LogP contribution in [0.25, 0.3) is 6.08 Å². The lowest BCUT2D eigenvalue weighted by Gasteiger charge is -2.20. The van der Waals surface area contributed by atoms with E-state index >= 15 is 0 Å². The molecule has 0 radical (unpaired) electrons. The third kappa shape index (κ3) is 3.89. The van der Waals surface area contributed by atoms with E-state index in [1.54, 1.807) is 12.1 Å². The predicted octanol–water partition coefficient (Wildman–Crippen LogP) is 4.00. The average molecular weight is 344 g/mol. The van der Waals surface area contributed by atoms with Gasteiger partial charge in [0.1, 0.15) is 13.2 Å². The molecule has 0 bridgehead atoms. The van der Waals surface area contributed by atoms with Crippen LogP contribution in [0.1, 0.15) is 24.1 Å². The van der Waals surface area contributed by atoms with E-state index in [9.17, 15) is 4.79 Å². The van der Waals surface area contributed by atoms with E-state index in [4.69, 9.17) is 21.1 Å². The first-order valence-electron chi connectivity index (χ1n) is 7.76. The smallest absolute Gasteiger partial charge is 0.244 e. The minimum atomic E-state index is -0.183. The molecule has 1 heterocycles. The Morgan fingerprint density at radius 2 is 1.92 bits per heavy atom. The summed E-state index contributed by atoms with van der Waals surface area (Å²) in [4.78, 5) is 12.1. The van der Waals surface area contributed by atoms with Crippen LogP contribution in [0.3, 0.4) is 0 Å². The maximum absolute atomic E-state index is 12.1. The highest BCUT2D eigenvalue weighted by molar-refractivity contribution is 6.32. The average Bonchev–Trinajstić information content (AvgIpc) is 2.60. The number of fused-ring (bicyclic) bond motifs is 1. The van der Waals surface area contributed by atoms with Crippen LogP contribution in [0.2, 0.25) is 5.02 Å². The van der Waals surface area contributed by atoms with E-state index in [1.165, 1.54) is 6.08 Å². The van der Waals surface area contributed by atoms with Crippen LogP contribution in [-0.4, -0.2) is 19.1 Å². The van der Waals surface area contributed by atoms with Crippen molar-refractivity contribution in [2.24, 2.45) is 0 Å². The maximum atomic E-state index is 12.1. The van der Waals surface area contributed by atoms with Crippen molar-refractivity contribution in [1.82, 2.24) is 5.32 Å². The SMILES string of the molecule is CC(NC(=O)C=Cc1ccccc1Cl)c1ccc2c(c1)OCCO2. The van der Waals surface area contributed by atoms with Gasteiger partial charge in [0.05, 0.1) is 6.04 Å². The van der Waals surface area contributed by atoms with Crippen LogP contribution in [0.15, 0.2) is 48.5 Å². The highest BCUT2D eigenvalue weighted by Gasteiger charge is 2.15. The summed E-state index contributed by atoms with van der Waals surface area (Å²) in [7, 11) is 0. The first-order valence-corrected chi connectivity index (χ1v) is 8.14. The van der Waals surface area contributed by atoms with Gasteiger partial charge < -0.3 is 14.8 Å². The molecule has 1 atom stereocenters. The lowest BCUT2D eigenvalue weighted by atomic mass is 10.1. The van der Waals surface area contributed by atoms with Gasteiger partial charge in [0, 0.05) is 11.1 Å². The van der Waals surface area contributed by atoms with Gasteiger partial charge in [0.25, 0.3) is 0 Å². The summed E-state index contributed by atoms with van der Waals surface area (Å²) in [6, 6.07) is 12.9. The van der Waals surface area contributed by atoms with Gasteiger partial charge in [-0.1, -0.05) is 35.9 Å². The van der Waals surface area contributed by atoms with Crippen LogP contribution < -0.4 is 14.8 Å². The van der Waals surface area contributed by atoms with E-state index in [2.05, 4.69) is 5.32 Å². The molecule has 124 valence electrons. The lowest BCUT2D eigenvalue weighted by molar-refractivity contribution is -0.117. The van der Waals surface area contributed by atoms with Gasteiger partial charge >= 0.3 is 0 Å². The monoisotopic (exact) mass is 343 g/mol. The van der Waals surface area contributed by atoms with Gasteiger partial charge in [-0.2, -0.15) is 0 Å². The molecule has 1 amide bonds. The number of hydrogen-bond acceptors (Lipinski definition) is 3. The molecule has 1 unspecified atom stereocenters. The number of carbonyl (C=O) groups excluding carboxylic acids is 1. The molecule has 2 aromatic rings. The summed E-state index contributed by atoms with van der Waals surface area (Å²) >= 11 is 6.07. The lowest BCUT2D eigenvalue weighted by Crippen LogP contribution is -2.25. The van der Waals surface area contributed by atoms with Crippen LogP contribution in [0, 0.1) is 0 Å². The van der Waals surface area contributed by atoms with Crippen molar-refractivity contribution in [3.8, 4) is 11.5 Å². The Labute approximate surface area is 146 Å². The molecule has 5 heteroatoms. The summed E-state index contributed by atoms with van der Waals surface area (Å²) in [5.41, 5.74) is 1.76. The number of halogens is 1. The summed E-state index contributed by atoms with van der Waals surface area (Å²) in [5, 5.41) is 3.54. The zero-order valence-corrected chi connectivity index (χ0v) is 14.0. The summed E-state index contributed by atoms with van der Waals surface area (Å²) in [6.45, 7) is 3.02. The Kier molecular flexibility index (Phi) is 5.06. The summed E-state index contributed by atoms with van der Waals surface area (Å²) in [6.07, 6.45) is 3.18. The van der Waals surface area contributed by atoms with Gasteiger partial charge in [-0.3, -0.25) is 4.79 Å². The third-order valence-electron chi connectivity index (χ3n) is 3.74. The number of rotatable bonds is 4. The van der Waals surface area contributed by atoms with Crippen LogP contribution >= 0.6 is 11.6 Å². The van der Waals surface area contributed by atoms with Crippen molar-refractivity contribution in [2.45, 2.75) is 13.0 Å². The molecule has 1 aliphatic rings. The van der Waals surface area contributed by atoms with E-state index in [0.717, 1.165) is 16.9 Å². The number of nitrogens with one attached hydrogen (secondary N) is 1. The van der Waals surface area contributed by atoms with Gasteiger partial charge in [-0.15, -0.1) is 0 Å². The Morgan fingerprint density at radius 3 is 2.71 bits per heavy atom. The van der Waals surface area contributed by atoms with E-state index in [-0.39, 0.29) is 11.9 Å². The van der Waals surface area contributed by atoms with Gasteiger partial charge in [0.15, 0.2) is 11.5 Å². The molecule has 2 aromatic carbocycles. The first-order chi connectivity index (χ1) is 11.6. The Bertz CT molecular complexity index is 773. The minimum Gasteiger partial charge on any atom is -0.486 e. The fourth-order valence-corrected chi connectivity index (χ4v) is 2.65. The minimum absolute atomic E-state index is 0.149. The molecule has 4 nitrogen and oxygen atoms in total. The molecule has 1 N–H and O–H groups in total. The molecule has 0 aromatic heterocycles. The molecule has 1 aliphatic heterocycles. The third-order valence-corrected chi connectivity index (χ3v) is 4.09. The first kappa shape index (κ1) is 16.4. The van der Waals surface area contributed by atoms with Crippen molar-refractivity contribution in [3.05, 3.63) is 64.7 Å². The quantitative estimate of drug-likeness (QED) is 0.853. The molecule has 0 spiro atoms. The predicted molar refractivity (Wildman–Crippen MR) is 94.5 cm³/mol. The van der Waals surface area contributed by atoms with Crippen molar-refractivity contribution in [1.29, 1.82) is 0 Å². The standard InChI is InChI=1S/C19H18ClNO3/c1-13(15-6-8-17-18(12-15)24-11-10-23-17)21-19(22)9-7-14-4-2-3-5-16(14)20/h2-9,12-13H,10-11H2,1H3,(H,21,22). The Morgan fingerprint density at radius 1 is 1.17 bits per heavy atom. The zero-order chi connectivity index (χ0) is 16.9. The van der Waals surface area contributed by atoms with Gasteiger partial charge in [-0.25, -0.2) is 0 Å².